The van der Waals surface area contributed by atoms with Crippen LogP contribution in [0.4, 0.5) is 0 Å². The summed E-state index contributed by atoms with van der Waals surface area (Å²) in [5.74, 6) is 0. The summed E-state index contributed by atoms with van der Waals surface area (Å²) in [5, 5.41) is 0. The summed E-state index contributed by atoms with van der Waals surface area (Å²) in [6.07, 6.45) is 0. The zero-order valence-electron chi connectivity index (χ0n) is 12.7. The van der Waals surface area contributed by atoms with Gasteiger partial charge in [-0.3, -0.25) is 0 Å². The van der Waals surface area contributed by atoms with Gasteiger partial charge in [-0.15, -0.1) is 0 Å². The minimum absolute atomic E-state index is 0.0137. The van der Waals surface area contributed by atoms with E-state index in [0.29, 0.717) is 0 Å². The fourth-order valence-electron chi connectivity index (χ4n) is 1.22. The second kappa shape index (κ2) is 5.02. The summed E-state index contributed by atoms with van der Waals surface area (Å²) in [5.41, 5.74) is 0.317. The maximum atomic E-state index is 5.71. The van der Waals surface area contributed by atoms with Gasteiger partial charge in [-0.2, -0.15) is 0 Å². The second-order valence-electron chi connectivity index (χ2n) is 6.80. The third-order valence-electron chi connectivity index (χ3n) is 3.73. The van der Waals surface area contributed by atoms with Gasteiger partial charge < -0.3 is 0 Å². The van der Waals surface area contributed by atoms with E-state index in [1.165, 1.54) is 0 Å². The number of rotatable bonds is 4. The molecule has 1 aromatic carbocycles. The van der Waals surface area contributed by atoms with Gasteiger partial charge in [-0.1, -0.05) is 51.1 Å². The molecule has 2 heteroatoms. The summed E-state index contributed by atoms with van der Waals surface area (Å²) < 4.78 is 0. The Bertz CT molecular complexity index is 372. The van der Waals surface area contributed by atoms with Gasteiger partial charge in [-0.05, 0) is 38.7 Å². The molecule has 0 saturated heterocycles. The van der Waals surface area contributed by atoms with Gasteiger partial charge in [-0.25, -0.2) is 9.78 Å². The molecule has 0 atom stereocenters. The van der Waals surface area contributed by atoms with E-state index in [9.17, 15) is 0 Å². The average Bonchev–Trinajstić information content (AvgIpc) is 2.26. The Labute approximate surface area is 111 Å². The van der Waals surface area contributed by atoms with Crippen LogP contribution in [0.25, 0.3) is 0 Å². The topological polar surface area (TPSA) is 18.5 Å². The van der Waals surface area contributed by atoms with Crippen LogP contribution in [0.15, 0.2) is 30.3 Å². The lowest BCUT2D eigenvalue weighted by Gasteiger charge is -2.39. The fourth-order valence-corrected chi connectivity index (χ4v) is 1.22. The van der Waals surface area contributed by atoms with Crippen LogP contribution in [0.3, 0.4) is 0 Å². The molecule has 0 fully saturated rings. The Morgan fingerprint density at radius 3 is 1.67 bits per heavy atom. The Balaban J connectivity index is 2.74. The zero-order chi connectivity index (χ0) is 14.0. The highest BCUT2D eigenvalue weighted by Gasteiger charge is 2.37. The molecule has 0 N–H and O–H groups in total. The molecule has 2 nitrogen and oxygen atoms in total. The first-order valence-electron chi connectivity index (χ1n) is 6.49. The molecule has 0 saturated carbocycles. The van der Waals surface area contributed by atoms with Gasteiger partial charge in [0.2, 0.25) is 0 Å². The molecule has 18 heavy (non-hydrogen) atoms. The van der Waals surface area contributed by atoms with Crippen molar-refractivity contribution in [1.29, 1.82) is 0 Å². The maximum absolute atomic E-state index is 5.71. The predicted octanol–water partition coefficient (Wildman–Crippen LogP) is 4.69. The maximum Gasteiger partial charge on any atom is 0.123 e. The van der Waals surface area contributed by atoms with Gasteiger partial charge in [0, 0.05) is 0 Å². The van der Waals surface area contributed by atoms with Crippen molar-refractivity contribution in [3.05, 3.63) is 35.9 Å². The minimum atomic E-state index is -0.455. The fraction of sp³-hybridized carbons (Fsp3) is 0.625. The number of benzene rings is 1. The molecule has 0 heterocycles. The van der Waals surface area contributed by atoms with Crippen LogP contribution in [0.5, 0.6) is 0 Å². The van der Waals surface area contributed by atoms with Crippen LogP contribution in [-0.4, -0.2) is 5.60 Å². The SMILES string of the molecule is CC(C)(OOC(C)(C)C(C)(C)C)c1ccccc1. The molecule has 1 rings (SSSR count). The summed E-state index contributed by atoms with van der Waals surface area (Å²) in [6.45, 7) is 14.6. The largest absolute Gasteiger partial charge is 0.229 e. The van der Waals surface area contributed by atoms with Gasteiger partial charge in [0.15, 0.2) is 0 Å². The van der Waals surface area contributed by atoms with Crippen molar-refractivity contribution in [1.82, 2.24) is 0 Å². The van der Waals surface area contributed by atoms with Crippen molar-refractivity contribution >= 4 is 0 Å². The standard InChI is InChI=1S/C16H26O2/c1-14(2,3)16(6,7)18-17-15(4,5)13-11-9-8-10-12-13/h8-12H,1-7H3. The van der Waals surface area contributed by atoms with Gasteiger partial charge in [0.1, 0.15) is 11.2 Å². The van der Waals surface area contributed by atoms with Crippen LogP contribution in [0.2, 0.25) is 0 Å². The van der Waals surface area contributed by atoms with Crippen molar-refractivity contribution in [2.75, 3.05) is 0 Å². The first kappa shape index (κ1) is 15.2. The summed E-state index contributed by atoms with van der Waals surface area (Å²) >= 11 is 0. The quantitative estimate of drug-likeness (QED) is 0.570. The monoisotopic (exact) mass is 250 g/mol. The van der Waals surface area contributed by atoms with E-state index in [-0.39, 0.29) is 11.0 Å². The van der Waals surface area contributed by atoms with Crippen LogP contribution in [-0.2, 0) is 15.4 Å². The highest BCUT2D eigenvalue weighted by molar-refractivity contribution is 5.20. The van der Waals surface area contributed by atoms with E-state index >= 15 is 0 Å². The molecule has 0 spiro atoms. The van der Waals surface area contributed by atoms with Crippen molar-refractivity contribution in [2.24, 2.45) is 5.41 Å². The van der Waals surface area contributed by atoms with Gasteiger partial charge in [0.05, 0.1) is 0 Å². The molecule has 0 aliphatic heterocycles. The van der Waals surface area contributed by atoms with Crippen molar-refractivity contribution in [3.63, 3.8) is 0 Å². The average molecular weight is 250 g/mol. The molecule has 0 bridgehead atoms. The van der Waals surface area contributed by atoms with Crippen LogP contribution in [0.1, 0.15) is 54.0 Å². The molecule has 102 valence electrons. The van der Waals surface area contributed by atoms with Crippen molar-refractivity contribution < 1.29 is 9.78 Å². The van der Waals surface area contributed by atoms with Crippen molar-refractivity contribution in [3.8, 4) is 0 Å². The molecule has 1 aromatic rings. The van der Waals surface area contributed by atoms with Crippen LogP contribution < -0.4 is 0 Å². The van der Waals surface area contributed by atoms with E-state index in [2.05, 4.69) is 20.8 Å². The second-order valence-corrected chi connectivity index (χ2v) is 6.80. The highest BCUT2D eigenvalue weighted by Crippen LogP contribution is 2.36. The van der Waals surface area contributed by atoms with Crippen LogP contribution in [0, 0.1) is 5.41 Å². The molecule has 0 aromatic heterocycles. The highest BCUT2D eigenvalue weighted by atomic mass is 17.2. The molecule has 0 amide bonds. The number of hydrogen-bond donors (Lipinski definition) is 0. The zero-order valence-corrected chi connectivity index (χ0v) is 12.7. The lowest BCUT2D eigenvalue weighted by atomic mass is 9.79. The molecule has 0 aliphatic carbocycles. The van der Waals surface area contributed by atoms with E-state index in [1.807, 2.05) is 58.0 Å². The number of hydrogen-bond acceptors (Lipinski definition) is 2. The third kappa shape index (κ3) is 3.56. The van der Waals surface area contributed by atoms with E-state index in [0.717, 1.165) is 5.56 Å². The summed E-state index contributed by atoms with van der Waals surface area (Å²) in [6, 6.07) is 10.1. The van der Waals surface area contributed by atoms with Gasteiger partial charge >= 0.3 is 0 Å². The molecular weight excluding hydrogens is 224 g/mol. The van der Waals surface area contributed by atoms with E-state index in [4.69, 9.17) is 9.78 Å². The lowest BCUT2D eigenvalue weighted by Crippen LogP contribution is -2.41. The first-order valence-corrected chi connectivity index (χ1v) is 6.49. The predicted molar refractivity (Wildman–Crippen MR) is 75.2 cm³/mol. The van der Waals surface area contributed by atoms with Crippen LogP contribution >= 0.6 is 0 Å². The van der Waals surface area contributed by atoms with E-state index < -0.39 is 5.60 Å². The Morgan fingerprint density at radius 1 is 0.722 bits per heavy atom. The van der Waals surface area contributed by atoms with Gasteiger partial charge in [0.25, 0.3) is 0 Å². The van der Waals surface area contributed by atoms with E-state index in [1.54, 1.807) is 0 Å². The first-order chi connectivity index (χ1) is 8.06. The summed E-state index contributed by atoms with van der Waals surface area (Å²) in [7, 11) is 0. The minimum Gasteiger partial charge on any atom is -0.229 e. The lowest BCUT2D eigenvalue weighted by molar-refractivity contribution is -0.420. The third-order valence-corrected chi connectivity index (χ3v) is 3.73. The normalized spacial score (nSPS) is 13.7. The Hall–Kier alpha value is -0.860. The molecular formula is C16H26O2. The molecule has 0 aliphatic rings. The smallest absolute Gasteiger partial charge is 0.123 e. The van der Waals surface area contributed by atoms with Crippen molar-refractivity contribution in [2.45, 2.75) is 59.7 Å². The molecule has 0 unspecified atom stereocenters. The Morgan fingerprint density at radius 2 is 1.22 bits per heavy atom. The Kier molecular flexibility index (Phi) is 4.24. The molecule has 0 radical (unpaired) electrons. The summed E-state index contributed by atoms with van der Waals surface area (Å²) in [4.78, 5) is 11.4.